The van der Waals surface area contributed by atoms with E-state index in [4.69, 9.17) is 17.2 Å². The zero-order valence-electron chi connectivity index (χ0n) is 20.0. The second kappa shape index (κ2) is 12.6. The van der Waals surface area contributed by atoms with Crippen LogP contribution in [0.25, 0.3) is 0 Å². The van der Waals surface area contributed by atoms with Crippen molar-refractivity contribution in [1.29, 1.82) is 0 Å². The summed E-state index contributed by atoms with van der Waals surface area (Å²) in [6.07, 6.45) is 9.29. The van der Waals surface area contributed by atoms with Gasteiger partial charge in [0.25, 0.3) is 0 Å². The van der Waals surface area contributed by atoms with Gasteiger partial charge in [-0.15, -0.1) is 24.8 Å². The van der Waals surface area contributed by atoms with Crippen LogP contribution in [0.3, 0.4) is 0 Å². The second-order valence-electron chi connectivity index (χ2n) is 7.60. The minimum atomic E-state index is -0.372. The summed E-state index contributed by atoms with van der Waals surface area (Å²) in [5.74, 6) is -0.0395. The van der Waals surface area contributed by atoms with Crippen molar-refractivity contribution in [3.8, 4) is 0 Å². The quantitative estimate of drug-likeness (QED) is 0.330. The molecule has 6 N–H and O–H groups in total. The molecule has 0 radical (unpaired) electrons. The Hall–Kier alpha value is -4.10. The molecule has 0 saturated heterocycles. The summed E-state index contributed by atoms with van der Waals surface area (Å²) >= 11 is 0. The first-order chi connectivity index (χ1) is 16.1. The van der Waals surface area contributed by atoms with Gasteiger partial charge in [-0.25, -0.2) is 14.4 Å². The third-order valence-electron chi connectivity index (χ3n) is 5.14. The number of carbonyl (C=O) groups is 3. The average molecular weight is 541 g/mol. The van der Waals surface area contributed by atoms with Gasteiger partial charge >= 0.3 is 18.1 Å². The van der Waals surface area contributed by atoms with Crippen molar-refractivity contribution >= 4 is 65.9 Å². The lowest BCUT2D eigenvalue weighted by atomic mass is 10.5. The van der Waals surface area contributed by atoms with Gasteiger partial charge in [-0.3, -0.25) is 28.5 Å². The monoisotopic (exact) mass is 540 g/mol. The molecule has 0 aliphatic heterocycles. The highest BCUT2D eigenvalue weighted by Gasteiger charge is 2.19. The van der Waals surface area contributed by atoms with Crippen LogP contribution >= 0.6 is 24.8 Å². The van der Waals surface area contributed by atoms with E-state index in [0.717, 1.165) is 0 Å². The number of likely N-dealkylation sites (N-methyl/N-ethyl adjacent to an activating group) is 1. The van der Waals surface area contributed by atoms with Gasteiger partial charge in [0.15, 0.2) is 5.96 Å². The van der Waals surface area contributed by atoms with Crippen molar-refractivity contribution < 1.29 is 14.4 Å². The van der Waals surface area contributed by atoms with Crippen LogP contribution in [0.2, 0.25) is 0 Å². The number of halogens is 2. The van der Waals surface area contributed by atoms with Gasteiger partial charge < -0.3 is 22.1 Å². The van der Waals surface area contributed by atoms with Gasteiger partial charge in [0, 0.05) is 70.6 Å². The van der Waals surface area contributed by atoms with Crippen LogP contribution in [0.5, 0.6) is 0 Å². The minimum absolute atomic E-state index is 0. The summed E-state index contributed by atoms with van der Waals surface area (Å²) in [7, 11) is 4.81. The number of carbonyl (C=O) groups excluding carboxylic acids is 3. The number of aromatic nitrogens is 3. The molecular weight excluding hydrogens is 511 g/mol. The number of hydrogen-bond acceptors (Lipinski definition) is 5. The zero-order valence-corrected chi connectivity index (χ0v) is 21.6. The van der Waals surface area contributed by atoms with E-state index in [1.165, 1.54) is 34.6 Å². The number of anilines is 3. The van der Waals surface area contributed by atoms with Crippen LogP contribution in [-0.2, 0) is 0 Å². The molecule has 3 heterocycles. The Balaban J connectivity index is 0.00000324. The predicted molar refractivity (Wildman–Crippen MR) is 145 cm³/mol. The van der Waals surface area contributed by atoms with Crippen LogP contribution in [-0.4, -0.2) is 76.9 Å². The number of nitrogen functional groups attached to an aromatic ring is 1. The fraction of sp³-hybridized carbons (Fsp3) is 0.238. The Labute approximate surface area is 220 Å². The first kappa shape index (κ1) is 29.9. The molecule has 36 heavy (non-hydrogen) atoms. The topological polar surface area (TPSA) is 166 Å². The van der Waals surface area contributed by atoms with Gasteiger partial charge in [-0.1, -0.05) is 0 Å². The number of aliphatic imine (C=N–C) groups is 1. The first-order valence-electron chi connectivity index (χ1n) is 10.2. The van der Waals surface area contributed by atoms with E-state index in [0.29, 0.717) is 23.6 Å². The number of nitrogens with zero attached hydrogens (tertiary/aromatic N) is 7. The standard InChI is InChI=1S/C21H28N10O3.2ClH/c1-26(11-7-25-18(23)24)19(32)30-9-5-16(13-30)28(3)21(34)31-10-6-17(14-31)27(2)20(33)29-8-4-15(22)12-29;;/h4-6,8-10,12-14H,7,11,22H2,1-3H3,(H4,23,24,25);2*1H. The maximum Gasteiger partial charge on any atom is 0.332 e. The number of guanidine groups is 1. The summed E-state index contributed by atoms with van der Waals surface area (Å²) in [4.78, 5) is 46.2. The molecule has 0 atom stereocenters. The normalized spacial score (nSPS) is 9.97. The van der Waals surface area contributed by atoms with E-state index in [-0.39, 0.29) is 55.4 Å². The molecule has 0 saturated carbocycles. The lowest BCUT2D eigenvalue weighted by Crippen LogP contribution is -2.33. The highest BCUT2D eigenvalue weighted by molar-refractivity contribution is 5.96. The predicted octanol–water partition coefficient (Wildman–Crippen LogP) is 1.90. The van der Waals surface area contributed by atoms with E-state index in [2.05, 4.69) is 4.99 Å². The van der Waals surface area contributed by atoms with Crippen LogP contribution in [0, 0.1) is 0 Å². The molecular formula is C21H30Cl2N10O3. The Kier molecular flexibility index (Phi) is 10.4. The highest BCUT2D eigenvalue weighted by Crippen LogP contribution is 2.19. The van der Waals surface area contributed by atoms with Gasteiger partial charge in [0.2, 0.25) is 0 Å². The average Bonchev–Trinajstić information content (AvgIpc) is 3.56. The van der Waals surface area contributed by atoms with Crippen molar-refractivity contribution in [3.63, 3.8) is 0 Å². The van der Waals surface area contributed by atoms with Gasteiger partial charge in [0.1, 0.15) is 0 Å². The molecule has 3 aromatic rings. The molecule has 3 rings (SSSR count). The van der Waals surface area contributed by atoms with Crippen LogP contribution in [0.4, 0.5) is 31.4 Å². The first-order valence-corrected chi connectivity index (χ1v) is 10.2. The van der Waals surface area contributed by atoms with E-state index >= 15 is 0 Å². The van der Waals surface area contributed by atoms with E-state index in [9.17, 15) is 14.4 Å². The Morgan fingerprint density at radius 1 is 0.778 bits per heavy atom. The van der Waals surface area contributed by atoms with Crippen molar-refractivity contribution in [3.05, 3.63) is 55.4 Å². The molecule has 196 valence electrons. The highest BCUT2D eigenvalue weighted by atomic mass is 35.5. The van der Waals surface area contributed by atoms with Gasteiger partial charge in [-0.2, -0.15) is 0 Å². The van der Waals surface area contributed by atoms with E-state index < -0.39 is 0 Å². The molecule has 0 fully saturated rings. The Morgan fingerprint density at radius 3 is 1.67 bits per heavy atom. The van der Waals surface area contributed by atoms with Crippen molar-refractivity contribution in [1.82, 2.24) is 18.6 Å². The van der Waals surface area contributed by atoms with Crippen molar-refractivity contribution in [2.45, 2.75) is 0 Å². The zero-order chi connectivity index (χ0) is 25.0. The molecule has 3 aromatic heterocycles. The summed E-state index contributed by atoms with van der Waals surface area (Å²) in [5, 5.41) is 0. The number of amides is 3. The molecule has 15 heteroatoms. The maximum absolute atomic E-state index is 13.0. The lowest BCUT2D eigenvalue weighted by molar-refractivity contribution is 0.212. The Morgan fingerprint density at radius 2 is 1.22 bits per heavy atom. The van der Waals surface area contributed by atoms with Crippen LogP contribution in [0.15, 0.2) is 60.4 Å². The fourth-order valence-electron chi connectivity index (χ4n) is 3.13. The maximum atomic E-state index is 13.0. The number of rotatable bonds is 5. The summed E-state index contributed by atoms with van der Waals surface area (Å²) in [5.41, 5.74) is 17.8. The van der Waals surface area contributed by atoms with E-state index in [1.54, 1.807) is 70.3 Å². The molecule has 0 bridgehead atoms. The fourth-order valence-corrected chi connectivity index (χ4v) is 3.13. The largest absolute Gasteiger partial charge is 0.397 e. The molecule has 0 aliphatic rings. The lowest BCUT2D eigenvalue weighted by Gasteiger charge is -2.18. The second-order valence-corrected chi connectivity index (χ2v) is 7.60. The van der Waals surface area contributed by atoms with Crippen molar-refractivity contribution in [2.24, 2.45) is 16.5 Å². The summed E-state index contributed by atoms with van der Waals surface area (Å²) < 4.78 is 4.07. The minimum Gasteiger partial charge on any atom is -0.397 e. The van der Waals surface area contributed by atoms with Crippen LogP contribution in [0.1, 0.15) is 0 Å². The number of hydrogen-bond donors (Lipinski definition) is 3. The number of nitrogens with two attached hydrogens (primary N) is 3. The van der Waals surface area contributed by atoms with Gasteiger partial charge in [0.05, 0.1) is 17.9 Å². The molecule has 0 aromatic carbocycles. The molecule has 0 unspecified atom stereocenters. The molecule has 3 amide bonds. The third kappa shape index (κ3) is 6.73. The SMILES string of the molecule is CN(CCN=C(N)N)C(=O)n1ccc(N(C)C(=O)n2ccc(N(C)C(=O)n3ccc(N)c3)c2)c1.Cl.Cl. The molecule has 0 aliphatic carbocycles. The summed E-state index contributed by atoms with van der Waals surface area (Å²) in [6, 6.07) is 3.92. The van der Waals surface area contributed by atoms with E-state index in [1.807, 2.05) is 0 Å². The van der Waals surface area contributed by atoms with Crippen LogP contribution < -0.4 is 27.0 Å². The molecule has 13 nitrogen and oxygen atoms in total. The van der Waals surface area contributed by atoms with Crippen molar-refractivity contribution in [2.75, 3.05) is 49.8 Å². The summed E-state index contributed by atoms with van der Waals surface area (Å²) in [6.45, 7) is 0.606. The molecule has 0 spiro atoms. The third-order valence-corrected chi connectivity index (χ3v) is 5.14. The smallest absolute Gasteiger partial charge is 0.332 e. The Bertz CT molecular complexity index is 1230. The van der Waals surface area contributed by atoms with Gasteiger partial charge in [-0.05, 0) is 18.2 Å².